The molecule has 0 aliphatic heterocycles. The second-order valence-corrected chi connectivity index (χ2v) is 16.0. The number of hydrogen-bond acceptors (Lipinski definition) is 20. The van der Waals surface area contributed by atoms with Gasteiger partial charge in [-0.2, -0.15) is 46.7 Å². The first-order valence-electron chi connectivity index (χ1n) is 19.1. The molecule has 6 rings (SSSR count). The third kappa shape index (κ3) is 12.8. The fraction of sp³-hybridized carbons (Fsp3) is 0.200. The van der Waals surface area contributed by atoms with Gasteiger partial charge in [0.15, 0.2) is 0 Å². The lowest BCUT2D eigenvalue weighted by Gasteiger charge is -2.21. The van der Waals surface area contributed by atoms with Crippen molar-refractivity contribution in [2.75, 3.05) is 73.0 Å². The Morgan fingerprint density at radius 2 is 0.859 bits per heavy atom. The second kappa shape index (κ2) is 21.5. The number of rotatable bonds is 22. The summed E-state index contributed by atoms with van der Waals surface area (Å²) in [5.74, 6) is 0.535. The van der Waals surface area contributed by atoms with Gasteiger partial charge >= 0.3 is 12.0 Å². The van der Waals surface area contributed by atoms with Crippen molar-refractivity contribution in [1.29, 1.82) is 0 Å². The van der Waals surface area contributed by atoms with Crippen LogP contribution in [0, 0.1) is 0 Å². The first kappa shape index (κ1) is 46.6. The molecule has 0 aliphatic rings. The summed E-state index contributed by atoms with van der Waals surface area (Å²) in [6, 6.07) is 24.4. The fourth-order valence-electron chi connectivity index (χ4n) is 5.86. The number of para-hydroxylation sites is 2. The molecular formula is C40H42N10O12S2. The van der Waals surface area contributed by atoms with Gasteiger partial charge in [0.05, 0.1) is 26.4 Å². The highest BCUT2D eigenvalue weighted by atomic mass is 32.2. The molecule has 2 aromatic heterocycles. The first-order valence-corrected chi connectivity index (χ1v) is 22.0. The SMILES string of the molecule is O=S(=O)(O)c1cc(Nc2nc(Oc3ccccc3)nc(N(CCO)CCO)n2)ccc1C=Cc1ccc(Nc2nc(Oc3ccccc3)nc(N(CCO)CCO)n2)cc1S(=O)(=O)O. The van der Waals surface area contributed by atoms with Crippen LogP contribution in [0.1, 0.15) is 11.1 Å². The van der Waals surface area contributed by atoms with E-state index in [4.69, 9.17) is 9.47 Å². The van der Waals surface area contributed by atoms with E-state index in [0.717, 1.165) is 12.1 Å². The van der Waals surface area contributed by atoms with Crippen molar-refractivity contribution in [1.82, 2.24) is 29.9 Å². The summed E-state index contributed by atoms with van der Waals surface area (Å²) in [5, 5.41) is 44.1. The number of aliphatic hydroxyl groups is 4. The highest BCUT2D eigenvalue weighted by molar-refractivity contribution is 7.86. The van der Waals surface area contributed by atoms with Crippen LogP contribution < -0.4 is 29.9 Å². The normalized spacial score (nSPS) is 11.7. The number of anilines is 6. The van der Waals surface area contributed by atoms with E-state index in [9.17, 15) is 46.4 Å². The van der Waals surface area contributed by atoms with E-state index in [1.165, 1.54) is 46.2 Å². The Labute approximate surface area is 366 Å². The van der Waals surface area contributed by atoms with Crippen LogP contribution in [0.15, 0.2) is 107 Å². The standard InChI is InChI=1S/C40H42N10O12S2/c51-21-17-49(18-22-52)37-43-35(45-39(47-37)61-31-7-3-1-4-8-31)41-29-15-13-27(33(25-29)63(55,56)57)11-12-28-14-16-30(26-34(28)64(58,59)60)42-36-44-38(50(19-23-53)20-24-54)48-40(46-36)62-32-9-5-2-6-10-32/h1-16,25-26,51-54H,17-24H2,(H,55,56,57)(H,58,59,60)(H,41,43,45,47)(H,42,44,46,48). The maximum atomic E-state index is 12.7. The molecule has 2 heterocycles. The van der Waals surface area contributed by atoms with Crippen molar-refractivity contribution in [3.8, 4) is 23.5 Å². The summed E-state index contributed by atoms with van der Waals surface area (Å²) in [6.07, 6.45) is 2.42. The van der Waals surface area contributed by atoms with Crippen molar-refractivity contribution in [3.05, 3.63) is 108 Å². The van der Waals surface area contributed by atoms with Gasteiger partial charge in [0, 0.05) is 37.6 Å². The Morgan fingerprint density at radius 1 is 0.500 bits per heavy atom. The molecular weight excluding hydrogens is 877 g/mol. The van der Waals surface area contributed by atoms with Gasteiger partial charge in [0.25, 0.3) is 20.2 Å². The monoisotopic (exact) mass is 918 g/mol. The van der Waals surface area contributed by atoms with Gasteiger partial charge in [-0.05, 0) is 59.7 Å². The number of benzene rings is 4. The topological polar surface area (TPSA) is 316 Å². The molecule has 22 nitrogen and oxygen atoms in total. The zero-order chi connectivity index (χ0) is 45.7. The second-order valence-electron chi connectivity index (χ2n) is 13.2. The number of hydrogen-bond donors (Lipinski definition) is 8. The molecule has 64 heavy (non-hydrogen) atoms. The fourth-order valence-corrected chi connectivity index (χ4v) is 7.28. The summed E-state index contributed by atoms with van der Waals surface area (Å²) in [4.78, 5) is 27.6. The Kier molecular flexibility index (Phi) is 15.6. The molecule has 0 aliphatic carbocycles. The first-order chi connectivity index (χ1) is 30.8. The van der Waals surface area contributed by atoms with Crippen LogP contribution in [0.4, 0.5) is 35.2 Å². The van der Waals surface area contributed by atoms with Gasteiger partial charge in [-0.15, -0.1) is 0 Å². The minimum atomic E-state index is -4.93. The van der Waals surface area contributed by atoms with E-state index < -0.39 is 30.0 Å². The molecule has 8 N–H and O–H groups in total. The van der Waals surface area contributed by atoms with Crippen LogP contribution in [0.5, 0.6) is 23.5 Å². The minimum Gasteiger partial charge on any atom is -0.424 e. The summed E-state index contributed by atoms with van der Waals surface area (Å²) in [5.41, 5.74) is -0.0200. The zero-order valence-electron chi connectivity index (χ0n) is 33.6. The van der Waals surface area contributed by atoms with Crippen molar-refractivity contribution in [2.24, 2.45) is 0 Å². The van der Waals surface area contributed by atoms with E-state index in [0.29, 0.717) is 11.5 Å². The third-order valence-electron chi connectivity index (χ3n) is 8.69. The van der Waals surface area contributed by atoms with Gasteiger partial charge in [-0.3, -0.25) is 9.11 Å². The number of ether oxygens (including phenoxy) is 2. The van der Waals surface area contributed by atoms with Gasteiger partial charge in [0.1, 0.15) is 21.3 Å². The minimum absolute atomic E-state index is 0.0135. The molecule has 0 amide bonds. The predicted octanol–water partition coefficient (Wildman–Crippen LogP) is 3.37. The van der Waals surface area contributed by atoms with Crippen molar-refractivity contribution >= 4 is 67.6 Å². The van der Waals surface area contributed by atoms with Crippen molar-refractivity contribution in [2.45, 2.75) is 9.79 Å². The van der Waals surface area contributed by atoms with Gasteiger partial charge < -0.3 is 50.3 Å². The van der Waals surface area contributed by atoms with E-state index >= 15 is 0 Å². The van der Waals surface area contributed by atoms with Gasteiger partial charge in [-0.1, -0.05) is 60.7 Å². The highest BCUT2D eigenvalue weighted by Gasteiger charge is 2.21. The van der Waals surface area contributed by atoms with Crippen LogP contribution in [0.25, 0.3) is 12.2 Å². The average Bonchev–Trinajstić information content (AvgIpc) is 3.26. The lowest BCUT2D eigenvalue weighted by atomic mass is 10.1. The van der Waals surface area contributed by atoms with Crippen LogP contribution in [-0.2, 0) is 20.2 Å². The third-order valence-corrected chi connectivity index (χ3v) is 10.5. The molecule has 0 saturated heterocycles. The van der Waals surface area contributed by atoms with Crippen molar-refractivity contribution in [3.63, 3.8) is 0 Å². The molecule has 336 valence electrons. The van der Waals surface area contributed by atoms with Crippen molar-refractivity contribution < 1.29 is 55.8 Å². The molecule has 4 aromatic carbocycles. The molecule has 24 heteroatoms. The lowest BCUT2D eigenvalue weighted by molar-refractivity contribution is 0.279. The summed E-state index contributed by atoms with van der Waals surface area (Å²) in [6.45, 7) is -1.01. The Balaban J connectivity index is 1.31. The Morgan fingerprint density at radius 3 is 1.19 bits per heavy atom. The summed E-state index contributed by atoms with van der Waals surface area (Å²) in [7, 11) is -9.86. The largest absolute Gasteiger partial charge is 0.424 e. The van der Waals surface area contributed by atoms with Gasteiger partial charge in [-0.25, -0.2) is 0 Å². The summed E-state index contributed by atoms with van der Waals surface area (Å²) < 4.78 is 83.0. The average molecular weight is 919 g/mol. The predicted molar refractivity (Wildman–Crippen MR) is 233 cm³/mol. The lowest BCUT2D eigenvalue weighted by Crippen LogP contribution is -2.31. The summed E-state index contributed by atoms with van der Waals surface area (Å²) >= 11 is 0. The van der Waals surface area contributed by atoms with E-state index in [1.54, 1.807) is 60.7 Å². The van der Waals surface area contributed by atoms with Crippen LogP contribution in [0.3, 0.4) is 0 Å². The molecule has 0 spiro atoms. The molecule has 0 saturated carbocycles. The maximum absolute atomic E-state index is 12.7. The molecule has 6 aromatic rings. The van der Waals surface area contributed by atoms with E-state index in [1.807, 2.05) is 0 Å². The molecule has 0 fully saturated rings. The number of nitrogens with one attached hydrogen (secondary N) is 2. The number of nitrogens with zero attached hydrogens (tertiary/aromatic N) is 8. The number of aromatic nitrogens is 6. The molecule has 0 bridgehead atoms. The molecule has 0 unspecified atom stereocenters. The zero-order valence-corrected chi connectivity index (χ0v) is 35.2. The van der Waals surface area contributed by atoms with Crippen LogP contribution in [-0.4, -0.2) is 129 Å². The van der Waals surface area contributed by atoms with Crippen LogP contribution >= 0.6 is 0 Å². The Bertz CT molecular complexity index is 2580. The molecule has 0 atom stereocenters. The smallest absolute Gasteiger partial charge is 0.328 e. The maximum Gasteiger partial charge on any atom is 0.328 e. The Hall–Kier alpha value is -6.90. The van der Waals surface area contributed by atoms with Crippen LogP contribution in [0.2, 0.25) is 0 Å². The van der Waals surface area contributed by atoms with E-state index in [2.05, 4.69) is 40.5 Å². The quantitative estimate of drug-likeness (QED) is 0.0357. The van der Waals surface area contributed by atoms with E-state index in [-0.39, 0.29) is 111 Å². The van der Waals surface area contributed by atoms with Gasteiger partial charge in [0.2, 0.25) is 23.8 Å². The highest BCUT2D eigenvalue weighted by Crippen LogP contribution is 2.30. The molecule has 0 radical (unpaired) electrons. The number of aliphatic hydroxyl groups excluding tert-OH is 4.